The first-order chi connectivity index (χ1) is 11.7. The van der Waals surface area contributed by atoms with E-state index in [1.54, 1.807) is 6.08 Å². The molecule has 0 aliphatic carbocycles. The molecule has 0 amide bonds. The first kappa shape index (κ1) is 15.5. The van der Waals surface area contributed by atoms with Crippen molar-refractivity contribution in [2.75, 3.05) is 13.2 Å². The van der Waals surface area contributed by atoms with Gasteiger partial charge in [0, 0.05) is 5.92 Å². The van der Waals surface area contributed by atoms with Gasteiger partial charge in [-0.3, -0.25) is 0 Å². The van der Waals surface area contributed by atoms with Gasteiger partial charge < -0.3 is 19.7 Å². The maximum Gasteiger partial charge on any atom is 0.212 e. The molecule has 4 nitrogen and oxygen atoms in total. The van der Waals surface area contributed by atoms with E-state index in [9.17, 15) is 10.2 Å². The maximum absolute atomic E-state index is 10.3. The SMILES string of the molecule is OC[C@]1(O)C=C[C@@]2(OC[C@H](c3ccccc3)[C@H]2c2ccccc2)O1. The third-order valence-electron chi connectivity index (χ3n) is 4.85. The highest BCUT2D eigenvalue weighted by Crippen LogP contribution is 2.53. The zero-order chi connectivity index (χ0) is 16.6. The van der Waals surface area contributed by atoms with Crippen LogP contribution in [0.15, 0.2) is 72.8 Å². The second kappa shape index (κ2) is 5.83. The van der Waals surface area contributed by atoms with Crippen LogP contribution in [-0.4, -0.2) is 35.0 Å². The minimum atomic E-state index is -1.70. The van der Waals surface area contributed by atoms with Crippen molar-refractivity contribution in [2.45, 2.75) is 23.4 Å². The Morgan fingerprint density at radius 3 is 2.12 bits per heavy atom. The number of aliphatic hydroxyl groups excluding tert-OH is 1. The van der Waals surface area contributed by atoms with Gasteiger partial charge in [0.25, 0.3) is 0 Å². The van der Waals surface area contributed by atoms with E-state index in [2.05, 4.69) is 12.1 Å². The molecule has 2 N–H and O–H groups in total. The number of aliphatic hydroxyl groups is 2. The summed E-state index contributed by atoms with van der Waals surface area (Å²) in [5.74, 6) is -2.78. The molecule has 2 aliphatic heterocycles. The molecule has 2 aromatic carbocycles. The van der Waals surface area contributed by atoms with Crippen LogP contribution in [0.1, 0.15) is 23.0 Å². The van der Waals surface area contributed by atoms with Gasteiger partial charge in [-0.25, -0.2) is 0 Å². The quantitative estimate of drug-likeness (QED) is 0.852. The van der Waals surface area contributed by atoms with Crippen molar-refractivity contribution in [3.8, 4) is 0 Å². The Morgan fingerprint density at radius 1 is 0.917 bits per heavy atom. The molecule has 0 radical (unpaired) electrons. The Hall–Kier alpha value is -1.98. The minimum Gasteiger partial charge on any atom is -0.390 e. The standard InChI is InChI=1S/C20H20O4/c21-14-19(22)11-12-20(24-19)18(16-9-5-2-6-10-16)17(13-23-20)15-7-3-1-4-8-15/h1-12,17-18,21-22H,13-14H2/t17-,18-,19+,20-/m1/s1. The summed E-state index contributed by atoms with van der Waals surface area (Å²) in [6.45, 7) is -0.0262. The van der Waals surface area contributed by atoms with Gasteiger partial charge in [0.2, 0.25) is 5.79 Å². The average molecular weight is 324 g/mol. The number of ether oxygens (including phenoxy) is 2. The van der Waals surface area contributed by atoms with Crippen LogP contribution in [0.5, 0.6) is 0 Å². The van der Waals surface area contributed by atoms with Crippen molar-refractivity contribution in [3.05, 3.63) is 83.9 Å². The second-order valence-corrected chi connectivity index (χ2v) is 6.38. The Bertz CT molecular complexity index is 730. The van der Waals surface area contributed by atoms with Crippen LogP contribution in [0, 0.1) is 0 Å². The van der Waals surface area contributed by atoms with E-state index in [4.69, 9.17) is 9.47 Å². The van der Waals surface area contributed by atoms with Crippen molar-refractivity contribution in [1.29, 1.82) is 0 Å². The molecule has 4 atom stereocenters. The summed E-state index contributed by atoms with van der Waals surface area (Å²) < 4.78 is 11.9. The Morgan fingerprint density at radius 2 is 1.54 bits per heavy atom. The van der Waals surface area contributed by atoms with Crippen LogP contribution in [0.4, 0.5) is 0 Å². The largest absolute Gasteiger partial charge is 0.390 e. The lowest BCUT2D eigenvalue weighted by Crippen LogP contribution is -2.42. The summed E-state index contributed by atoms with van der Waals surface area (Å²) in [5, 5.41) is 19.7. The molecule has 24 heavy (non-hydrogen) atoms. The van der Waals surface area contributed by atoms with Crippen LogP contribution in [-0.2, 0) is 9.47 Å². The monoisotopic (exact) mass is 324 g/mol. The Labute approximate surface area is 141 Å². The van der Waals surface area contributed by atoms with Crippen molar-refractivity contribution in [1.82, 2.24) is 0 Å². The van der Waals surface area contributed by atoms with Crippen molar-refractivity contribution in [3.63, 3.8) is 0 Å². The molecule has 2 heterocycles. The van der Waals surface area contributed by atoms with E-state index in [0.29, 0.717) is 6.61 Å². The molecule has 0 saturated carbocycles. The fourth-order valence-corrected chi connectivity index (χ4v) is 3.72. The molecule has 0 unspecified atom stereocenters. The van der Waals surface area contributed by atoms with E-state index in [1.807, 2.05) is 48.5 Å². The highest BCUT2D eigenvalue weighted by atomic mass is 16.8. The molecule has 124 valence electrons. The van der Waals surface area contributed by atoms with E-state index in [-0.39, 0.29) is 11.8 Å². The molecule has 1 saturated heterocycles. The van der Waals surface area contributed by atoms with Crippen LogP contribution in [0.25, 0.3) is 0 Å². The van der Waals surface area contributed by atoms with Gasteiger partial charge in [0.15, 0.2) is 5.79 Å². The van der Waals surface area contributed by atoms with E-state index in [0.717, 1.165) is 5.56 Å². The lowest BCUT2D eigenvalue weighted by molar-refractivity contribution is -0.292. The third kappa shape index (κ3) is 2.48. The molecule has 0 bridgehead atoms. The summed E-state index contributed by atoms with van der Waals surface area (Å²) in [4.78, 5) is 0. The van der Waals surface area contributed by atoms with Gasteiger partial charge in [-0.2, -0.15) is 0 Å². The van der Waals surface area contributed by atoms with Crippen LogP contribution >= 0.6 is 0 Å². The first-order valence-electron chi connectivity index (χ1n) is 8.13. The summed E-state index contributed by atoms with van der Waals surface area (Å²) >= 11 is 0. The summed E-state index contributed by atoms with van der Waals surface area (Å²) in [5.41, 5.74) is 2.25. The van der Waals surface area contributed by atoms with E-state index < -0.39 is 18.2 Å². The zero-order valence-corrected chi connectivity index (χ0v) is 13.2. The topological polar surface area (TPSA) is 58.9 Å². The molecular formula is C20H20O4. The number of benzene rings is 2. The van der Waals surface area contributed by atoms with Gasteiger partial charge in [0.1, 0.15) is 6.61 Å². The van der Waals surface area contributed by atoms with Crippen molar-refractivity contribution >= 4 is 0 Å². The fourth-order valence-electron chi connectivity index (χ4n) is 3.72. The van der Waals surface area contributed by atoms with Gasteiger partial charge in [0.05, 0.1) is 12.5 Å². The normalized spacial score (nSPS) is 34.9. The highest BCUT2D eigenvalue weighted by Gasteiger charge is 2.56. The zero-order valence-electron chi connectivity index (χ0n) is 13.2. The van der Waals surface area contributed by atoms with Crippen molar-refractivity contribution < 1.29 is 19.7 Å². The van der Waals surface area contributed by atoms with Crippen LogP contribution < -0.4 is 0 Å². The molecule has 4 rings (SSSR count). The lowest BCUT2D eigenvalue weighted by atomic mass is 9.79. The van der Waals surface area contributed by atoms with Gasteiger partial charge >= 0.3 is 0 Å². The molecule has 1 spiro atoms. The van der Waals surface area contributed by atoms with Crippen LogP contribution in [0.2, 0.25) is 0 Å². The molecule has 2 aliphatic rings. The minimum absolute atomic E-state index is 0.0966. The summed E-state index contributed by atoms with van der Waals surface area (Å²) in [7, 11) is 0. The van der Waals surface area contributed by atoms with Gasteiger partial charge in [-0.05, 0) is 23.3 Å². The highest BCUT2D eigenvalue weighted by molar-refractivity contribution is 5.36. The fraction of sp³-hybridized carbons (Fsp3) is 0.300. The summed E-state index contributed by atoms with van der Waals surface area (Å²) in [6.07, 6.45) is 3.22. The van der Waals surface area contributed by atoms with Crippen LogP contribution in [0.3, 0.4) is 0 Å². The predicted octanol–water partition coefficient (Wildman–Crippen LogP) is 2.55. The van der Waals surface area contributed by atoms with Crippen molar-refractivity contribution in [2.24, 2.45) is 0 Å². The Kier molecular flexibility index (Phi) is 3.77. The average Bonchev–Trinajstić information content (AvgIpc) is 3.18. The smallest absolute Gasteiger partial charge is 0.212 e. The number of hydrogen-bond acceptors (Lipinski definition) is 4. The Balaban J connectivity index is 1.78. The molecule has 1 fully saturated rings. The molecule has 0 aromatic heterocycles. The lowest BCUT2D eigenvalue weighted by Gasteiger charge is -2.34. The van der Waals surface area contributed by atoms with Gasteiger partial charge in [-0.1, -0.05) is 60.7 Å². The second-order valence-electron chi connectivity index (χ2n) is 6.38. The molecule has 4 heteroatoms. The molecular weight excluding hydrogens is 304 g/mol. The van der Waals surface area contributed by atoms with E-state index in [1.165, 1.54) is 11.6 Å². The maximum atomic E-state index is 10.3. The van der Waals surface area contributed by atoms with Gasteiger partial charge in [-0.15, -0.1) is 0 Å². The first-order valence-corrected chi connectivity index (χ1v) is 8.13. The van der Waals surface area contributed by atoms with E-state index >= 15 is 0 Å². The predicted molar refractivity (Wildman–Crippen MR) is 89.3 cm³/mol. The summed E-state index contributed by atoms with van der Waals surface area (Å²) in [6, 6.07) is 20.2. The third-order valence-corrected chi connectivity index (χ3v) is 4.85. The number of rotatable bonds is 3. The molecule has 2 aromatic rings. The number of hydrogen-bond donors (Lipinski definition) is 2.